The highest BCUT2D eigenvalue weighted by Gasteiger charge is 2.21. The normalized spacial score (nSPS) is 12.6. The second-order valence-corrected chi connectivity index (χ2v) is 9.29. The minimum Gasteiger partial charge on any atom is -0.461 e. The Morgan fingerprint density at radius 2 is 2.17 bits per heavy atom. The monoisotopic (exact) mass is 442 g/mol. The maximum atomic E-state index is 12.8. The van der Waals surface area contributed by atoms with Gasteiger partial charge in [-0.15, -0.1) is 32.9 Å². The molecule has 0 bridgehead atoms. The van der Waals surface area contributed by atoms with Crippen LogP contribution in [0, 0.1) is 0 Å². The summed E-state index contributed by atoms with van der Waals surface area (Å²) in [4.78, 5) is 22.2. The van der Waals surface area contributed by atoms with E-state index in [9.17, 15) is 4.79 Å². The zero-order chi connectivity index (χ0) is 20.0. The van der Waals surface area contributed by atoms with Gasteiger partial charge in [-0.1, -0.05) is 17.8 Å². The van der Waals surface area contributed by atoms with Crippen molar-refractivity contribution in [3.63, 3.8) is 0 Å². The molecule has 0 spiro atoms. The predicted octanol–water partition coefficient (Wildman–Crippen LogP) is 4.13. The molecule has 5 aromatic heterocycles. The molecule has 0 aromatic carbocycles. The van der Waals surface area contributed by atoms with Crippen molar-refractivity contribution in [2.75, 3.05) is 5.84 Å². The van der Waals surface area contributed by atoms with Crippen molar-refractivity contribution in [3.8, 4) is 22.0 Å². The number of nitrogens with one attached hydrogen (secondary N) is 1. The molecule has 146 valence electrons. The number of nitrogens with two attached hydrogens (primary N) is 1. The highest BCUT2D eigenvalue weighted by molar-refractivity contribution is 7.99. The van der Waals surface area contributed by atoms with E-state index in [4.69, 9.17) is 10.3 Å². The minimum absolute atomic E-state index is 0.146. The van der Waals surface area contributed by atoms with Crippen molar-refractivity contribution in [2.24, 2.45) is 0 Å². The van der Waals surface area contributed by atoms with Gasteiger partial charge in [0.2, 0.25) is 11.0 Å². The highest BCUT2D eigenvalue weighted by Crippen LogP contribution is 2.36. The third-order valence-electron chi connectivity index (χ3n) is 4.32. The van der Waals surface area contributed by atoms with Crippen LogP contribution in [-0.2, 0) is 0 Å². The van der Waals surface area contributed by atoms with Crippen molar-refractivity contribution in [1.82, 2.24) is 24.8 Å². The lowest BCUT2D eigenvalue weighted by atomic mass is 10.2. The molecule has 29 heavy (non-hydrogen) atoms. The first-order valence-electron chi connectivity index (χ1n) is 8.58. The zero-order valence-electron chi connectivity index (χ0n) is 15.0. The molecule has 0 fully saturated rings. The van der Waals surface area contributed by atoms with E-state index < -0.39 is 0 Å². The minimum atomic E-state index is -0.185. The molecule has 0 radical (unpaired) electrons. The van der Waals surface area contributed by atoms with E-state index in [2.05, 4.69) is 20.2 Å². The summed E-state index contributed by atoms with van der Waals surface area (Å²) in [5.74, 6) is 7.65. The third-order valence-corrected chi connectivity index (χ3v) is 7.16. The van der Waals surface area contributed by atoms with Gasteiger partial charge in [-0.2, -0.15) is 0 Å². The summed E-state index contributed by atoms with van der Waals surface area (Å²) in [5, 5.41) is 13.1. The van der Waals surface area contributed by atoms with Crippen LogP contribution in [0.1, 0.15) is 18.0 Å². The van der Waals surface area contributed by atoms with Crippen LogP contribution in [0.15, 0.2) is 55.7 Å². The van der Waals surface area contributed by atoms with Gasteiger partial charge in [0.25, 0.3) is 5.56 Å². The highest BCUT2D eigenvalue weighted by atomic mass is 32.2. The number of H-pyrrole nitrogens is 1. The van der Waals surface area contributed by atoms with Gasteiger partial charge in [0, 0.05) is 15.8 Å². The van der Waals surface area contributed by atoms with Gasteiger partial charge in [-0.05, 0) is 30.5 Å². The Morgan fingerprint density at radius 1 is 1.28 bits per heavy atom. The Balaban J connectivity index is 1.46. The molecule has 0 aliphatic rings. The first-order chi connectivity index (χ1) is 14.1. The Hall–Kier alpha value is -2.89. The van der Waals surface area contributed by atoms with E-state index in [1.54, 1.807) is 29.7 Å². The summed E-state index contributed by atoms with van der Waals surface area (Å²) in [5.41, 5.74) is 0.776. The van der Waals surface area contributed by atoms with Crippen LogP contribution in [0.2, 0.25) is 0 Å². The molecule has 5 aromatic rings. The lowest BCUT2D eigenvalue weighted by molar-refractivity contribution is 0.574. The van der Waals surface area contributed by atoms with E-state index in [0.29, 0.717) is 32.8 Å². The standard InChI is InChI=1S/C18H14N6O2S3/c1-9(29-18-23-22-15(24(18)19)11-4-2-6-26-11)14-20-16(25)13-10(8-28-17(13)21-14)12-5-3-7-27-12/h2-9H,19H2,1H3,(H,20,21,25). The molecule has 11 heteroatoms. The average molecular weight is 443 g/mol. The second-order valence-electron chi connectivity index (χ2n) is 6.17. The SMILES string of the molecule is CC(Sc1nnc(-c2ccco2)n1N)c1nc2scc(-c3cccs3)c2c(=O)[nH]1. The second kappa shape index (κ2) is 7.17. The number of fused-ring (bicyclic) bond motifs is 1. The topological polar surface area (TPSA) is 116 Å². The van der Waals surface area contributed by atoms with Gasteiger partial charge in [0.05, 0.1) is 16.9 Å². The molecule has 0 saturated carbocycles. The van der Waals surface area contributed by atoms with Crippen LogP contribution in [-0.4, -0.2) is 24.8 Å². The fourth-order valence-corrected chi connectivity index (χ4v) is 5.51. The molecular formula is C18H14N6O2S3. The number of nitrogen functional groups attached to an aromatic ring is 1. The molecule has 1 unspecified atom stereocenters. The summed E-state index contributed by atoms with van der Waals surface area (Å²) in [7, 11) is 0. The van der Waals surface area contributed by atoms with Gasteiger partial charge < -0.3 is 15.2 Å². The van der Waals surface area contributed by atoms with E-state index >= 15 is 0 Å². The fourth-order valence-electron chi connectivity index (χ4n) is 2.92. The van der Waals surface area contributed by atoms with Crippen LogP contribution in [0.25, 0.3) is 32.2 Å². The Labute approximate surface area is 176 Å². The largest absolute Gasteiger partial charge is 0.461 e. The lowest BCUT2D eigenvalue weighted by Crippen LogP contribution is -2.14. The molecular weight excluding hydrogens is 428 g/mol. The summed E-state index contributed by atoms with van der Waals surface area (Å²) in [6, 6.07) is 7.50. The van der Waals surface area contributed by atoms with Crippen molar-refractivity contribution in [3.05, 3.63) is 57.5 Å². The average Bonchev–Trinajstić information content (AvgIpc) is 3.49. The van der Waals surface area contributed by atoms with E-state index in [-0.39, 0.29) is 10.8 Å². The summed E-state index contributed by atoms with van der Waals surface area (Å²) < 4.78 is 6.70. The van der Waals surface area contributed by atoms with Gasteiger partial charge in [-0.3, -0.25) is 4.79 Å². The van der Waals surface area contributed by atoms with Crippen LogP contribution in [0.4, 0.5) is 0 Å². The van der Waals surface area contributed by atoms with Crippen LogP contribution >= 0.6 is 34.4 Å². The number of nitrogens with zero attached hydrogens (tertiary/aromatic N) is 4. The molecule has 3 N–H and O–H groups in total. The van der Waals surface area contributed by atoms with Gasteiger partial charge in [0.1, 0.15) is 10.7 Å². The first-order valence-corrected chi connectivity index (χ1v) is 11.2. The van der Waals surface area contributed by atoms with Crippen LogP contribution in [0.3, 0.4) is 0 Å². The summed E-state index contributed by atoms with van der Waals surface area (Å²) in [6.07, 6.45) is 1.55. The van der Waals surface area contributed by atoms with Gasteiger partial charge in [-0.25, -0.2) is 9.66 Å². The molecule has 0 aliphatic carbocycles. The Bertz CT molecular complexity index is 1330. The summed E-state index contributed by atoms with van der Waals surface area (Å²) >= 11 is 4.43. The van der Waals surface area contributed by atoms with Crippen molar-refractivity contribution < 1.29 is 4.42 Å². The van der Waals surface area contributed by atoms with Crippen molar-refractivity contribution >= 4 is 44.7 Å². The molecule has 8 nitrogen and oxygen atoms in total. The first kappa shape index (κ1) is 18.2. The maximum Gasteiger partial charge on any atom is 0.260 e. The molecule has 0 aliphatic heterocycles. The third kappa shape index (κ3) is 3.16. The van der Waals surface area contributed by atoms with E-state index in [1.165, 1.54) is 27.8 Å². The van der Waals surface area contributed by atoms with Crippen molar-refractivity contribution in [2.45, 2.75) is 17.3 Å². The molecule has 0 amide bonds. The van der Waals surface area contributed by atoms with E-state index in [0.717, 1.165) is 10.4 Å². The Kier molecular flexibility index (Phi) is 4.49. The predicted molar refractivity (Wildman–Crippen MR) is 116 cm³/mol. The molecule has 1 atom stereocenters. The van der Waals surface area contributed by atoms with Gasteiger partial charge >= 0.3 is 0 Å². The number of aromatic amines is 1. The number of hydrogen-bond acceptors (Lipinski definition) is 9. The lowest BCUT2D eigenvalue weighted by Gasteiger charge is -2.10. The van der Waals surface area contributed by atoms with Gasteiger partial charge in [0.15, 0.2) is 5.76 Å². The number of thiophene rings is 2. The maximum absolute atomic E-state index is 12.8. The number of aromatic nitrogens is 5. The fraction of sp³-hybridized carbons (Fsp3) is 0.111. The molecule has 5 rings (SSSR count). The van der Waals surface area contributed by atoms with Crippen LogP contribution in [0.5, 0.6) is 0 Å². The number of rotatable bonds is 5. The molecule has 0 saturated heterocycles. The smallest absolute Gasteiger partial charge is 0.260 e. The number of thioether (sulfide) groups is 1. The number of hydrogen-bond donors (Lipinski definition) is 2. The Morgan fingerprint density at radius 3 is 2.93 bits per heavy atom. The van der Waals surface area contributed by atoms with Crippen LogP contribution < -0.4 is 11.4 Å². The molecule has 5 heterocycles. The zero-order valence-corrected chi connectivity index (χ0v) is 17.5. The van der Waals surface area contributed by atoms with E-state index in [1.807, 2.05) is 29.8 Å². The summed E-state index contributed by atoms with van der Waals surface area (Å²) in [6.45, 7) is 1.93. The quantitative estimate of drug-likeness (QED) is 0.310. The van der Waals surface area contributed by atoms with Crippen molar-refractivity contribution in [1.29, 1.82) is 0 Å². The number of furan rings is 1.